The van der Waals surface area contributed by atoms with Gasteiger partial charge in [0.25, 0.3) is 0 Å². The molecule has 0 unspecified atom stereocenters. The second kappa shape index (κ2) is 11.5. The number of hydrogen-bond donors (Lipinski definition) is 0. The highest BCUT2D eigenvalue weighted by atomic mass is 19.1. The van der Waals surface area contributed by atoms with Gasteiger partial charge in [0.05, 0.1) is 20.5 Å². The Morgan fingerprint density at radius 3 is 2.49 bits per heavy atom. The number of Topliss-reactive ketones (excluding diaryl/α,β-unsaturated/α-hetero) is 1. The van der Waals surface area contributed by atoms with Crippen molar-refractivity contribution in [2.45, 2.75) is 38.5 Å². The van der Waals surface area contributed by atoms with Crippen LogP contribution in [0.1, 0.15) is 48.0 Å². The summed E-state index contributed by atoms with van der Waals surface area (Å²) in [7, 11) is 3.09. The number of methoxy groups -OCH3 is 2. The fourth-order valence-corrected chi connectivity index (χ4v) is 4.78. The van der Waals surface area contributed by atoms with Crippen LogP contribution >= 0.6 is 0 Å². The average Bonchev–Trinajstić information content (AvgIpc) is 2.89. The lowest BCUT2D eigenvalue weighted by atomic mass is 9.89. The van der Waals surface area contributed by atoms with Crippen LogP contribution in [-0.4, -0.2) is 44.5 Å². The number of fused-ring (bicyclic) bond motifs is 1. The predicted molar refractivity (Wildman–Crippen MR) is 133 cm³/mol. The Morgan fingerprint density at radius 2 is 1.80 bits per heavy atom. The molecule has 6 nitrogen and oxygen atoms in total. The zero-order valence-electron chi connectivity index (χ0n) is 20.3. The van der Waals surface area contributed by atoms with Crippen molar-refractivity contribution in [3.63, 3.8) is 0 Å². The van der Waals surface area contributed by atoms with Crippen LogP contribution in [0.25, 0.3) is 11.0 Å². The molecule has 0 spiro atoms. The molecular weight excluding hydrogens is 449 g/mol. The molecule has 186 valence electrons. The molecule has 1 saturated heterocycles. The van der Waals surface area contributed by atoms with Gasteiger partial charge in [-0.05, 0) is 76.0 Å². The average molecular weight is 482 g/mol. The molecule has 35 heavy (non-hydrogen) atoms. The van der Waals surface area contributed by atoms with Crippen molar-refractivity contribution in [1.29, 1.82) is 0 Å². The smallest absolute Gasteiger partial charge is 0.199 e. The SMILES string of the molecule is COc1cc(OC)c2c(=O)c(CCCCCN3CCC(C(=O)c4ccc(F)cc4)CC3)coc2c1. The molecule has 0 amide bonds. The molecule has 3 aromatic rings. The first-order valence-electron chi connectivity index (χ1n) is 12.2. The number of aryl methyl sites for hydroxylation is 1. The number of unbranched alkanes of at least 4 members (excludes halogenated alkanes) is 2. The van der Waals surface area contributed by atoms with E-state index >= 15 is 0 Å². The molecule has 2 heterocycles. The lowest BCUT2D eigenvalue weighted by Crippen LogP contribution is -2.36. The molecular formula is C28H32FNO5. The van der Waals surface area contributed by atoms with Crippen LogP contribution in [0, 0.1) is 11.7 Å². The molecule has 0 aliphatic carbocycles. The van der Waals surface area contributed by atoms with Gasteiger partial charge in [-0.25, -0.2) is 4.39 Å². The largest absolute Gasteiger partial charge is 0.496 e. The highest BCUT2D eigenvalue weighted by molar-refractivity contribution is 5.97. The van der Waals surface area contributed by atoms with E-state index in [9.17, 15) is 14.0 Å². The maximum absolute atomic E-state index is 13.1. The Morgan fingerprint density at radius 1 is 1.06 bits per heavy atom. The third-order valence-electron chi connectivity index (χ3n) is 6.85. The van der Waals surface area contributed by atoms with Crippen LogP contribution in [0.5, 0.6) is 11.5 Å². The standard InChI is InChI=1S/C28H32FNO5/c1-33-23-16-24(34-2)26-25(17-23)35-18-21(28(26)32)6-4-3-5-13-30-14-11-20(12-15-30)27(31)19-7-9-22(29)10-8-19/h7-10,16-18,20H,3-6,11-15H2,1-2H3. The van der Waals surface area contributed by atoms with E-state index in [1.807, 2.05) is 0 Å². The van der Waals surface area contributed by atoms with Gasteiger partial charge in [-0.2, -0.15) is 0 Å². The third kappa shape index (κ3) is 5.90. The number of piperidine rings is 1. The lowest BCUT2D eigenvalue weighted by molar-refractivity contribution is 0.0839. The first kappa shape index (κ1) is 24.9. The Hall–Kier alpha value is -3.19. The first-order chi connectivity index (χ1) is 17.0. The van der Waals surface area contributed by atoms with E-state index in [2.05, 4.69) is 4.90 Å². The second-order valence-electron chi connectivity index (χ2n) is 9.09. The zero-order chi connectivity index (χ0) is 24.8. The third-order valence-corrected chi connectivity index (χ3v) is 6.85. The summed E-state index contributed by atoms with van der Waals surface area (Å²) < 4.78 is 29.4. The van der Waals surface area contributed by atoms with Crippen LogP contribution in [0.3, 0.4) is 0 Å². The summed E-state index contributed by atoms with van der Waals surface area (Å²) >= 11 is 0. The van der Waals surface area contributed by atoms with Crippen molar-refractivity contribution in [1.82, 2.24) is 4.90 Å². The number of likely N-dealkylation sites (tertiary alicyclic amines) is 1. The van der Waals surface area contributed by atoms with Crippen LogP contribution in [0.15, 0.2) is 51.9 Å². The van der Waals surface area contributed by atoms with Gasteiger partial charge in [0, 0.05) is 29.2 Å². The Labute approximate surface area is 204 Å². The molecule has 0 radical (unpaired) electrons. The van der Waals surface area contributed by atoms with E-state index in [0.717, 1.165) is 51.7 Å². The summed E-state index contributed by atoms with van der Waals surface area (Å²) in [6, 6.07) is 9.23. The molecule has 1 aliphatic heterocycles. The minimum atomic E-state index is -0.321. The fourth-order valence-electron chi connectivity index (χ4n) is 4.78. The van der Waals surface area contributed by atoms with Crippen molar-refractivity contribution in [2.75, 3.05) is 33.9 Å². The van der Waals surface area contributed by atoms with Crippen LogP contribution in [0.4, 0.5) is 4.39 Å². The van der Waals surface area contributed by atoms with Crippen molar-refractivity contribution in [3.8, 4) is 11.5 Å². The highest BCUT2D eigenvalue weighted by Crippen LogP contribution is 2.29. The van der Waals surface area contributed by atoms with Gasteiger partial charge < -0.3 is 18.8 Å². The molecule has 1 aromatic heterocycles. The first-order valence-corrected chi connectivity index (χ1v) is 12.2. The number of ether oxygens (including phenoxy) is 2. The Bertz CT molecular complexity index is 1210. The van der Waals surface area contributed by atoms with E-state index in [0.29, 0.717) is 40.0 Å². The summed E-state index contributed by atoms with van der Waals surface area (Å²) in [6.45, 7) is 2.78. The lowest BCUT2D eigenvalue weighted by Gasteiger charge is -2.31. The quantitative estimate of drug-likeness (QED) is 0.291. The number of nitrogens with zero attached hydrogens (tertiary/aromatic N) is 1. The van der Waals surface area contributed by atoms with Crippen LogP contribution < -0.4 is 14.9 Å². The zero-order valence-corrected chi connectivity index (χ0v) is 20.3. The summed E-state index contributed by atoms with van der Waals surface area (Å²) in [5, 5.41) is 0.448. The molecule has 0 saturated carbocycles. The molecule has 4 rings (SSSR count). The number of hydrogen-bond acceptors (Lipinski definition) is 6. The van der Waals surface area contributed by atoms with Gasteiger partial charge in [0.15, 0.2) is 11.2 Å². The number of carbonyl (C=O) groups excluding carboxylic acids is 1. The van der Waals surface area contributed by atoms with E-state index in [1.54, 1.807) is 37.6 Å². The maximum atomic E-state index is 13.1. The topological polar surface area (TPSA) is 69.0 Å². The van der Waals surface area contributed by atoms with E-state index in [1.165, 1.54) is 19.2 Å². The summed E-state index contributed by atoms with van der Waals surface area (Å²) in [5.41, 5.74) is 1.65. The highest BCUT2D eigenvalue weighted by Gasteiger charge is 2.25. The van der Waals surface area contributed by atoms with Crippen LogP contribution in [-0.2, 0) is 6.42 Å². The van der Waals surface area contributed by atoms with E-state index in [4.69, 9.17) is 13.9 Å². The molecule has 0 atom stereocenters. The fraction of sp³-hybridized carbons (Fsp3) is 0.429. The van der Waals surface area contributed by atoms with Crippen molar-refractivity contribution in [3.05, 3.63) is 69.8 Å². The van der Waals surface area contributed by atoms with Crippen molar-refractivity contribution in [2.24, 2.45) is 5.92 Å². The van der Waals surface area contributed by atoms with Crippen molar-refractivity contribution >= 4 is 16.8 Å². The molecule has 2 aromatic carbocycles. The predicted octanol–water partition coefficient (Wildman–Crippen LogP) is 5.26. The number of carbonyl (C=O) groups is 1. The summed E-state index contributed by atoms with van der Waals surface area (Å²) in [6.07, 6.45) is 6.81. The van der Waals surface area contributed by atoms with Gasteiger partial charge in [-0.3, -0.25) is 9.59 Å². The van der Waals surface area contributed by atoms with Gasteiger partial charge in [-0.15, -0.1) is 0 Å². The van der Waals surface area contributed by atoms with E-state index < -0.39 is 0 Å². The maximum Gasteiger partial charge on any atom is 0.199 e. The van der Waals surface area contributed by atoms with Crippen molar-refractivity contribution < 1.29 is 23.1 Å². The number of rotatable bonds is 10. The van der Waals surface area contributed by atoms with Gasteiger partial charge in [-0.1, -0.05) is 6.42 Å². The van der Waals surface area contributed by atoms with Gasteiger partial charge >= 0.3 is 0 Å². The van der Waals surface area contributed by atoms with Gasteiger partial charge in [0.2, 0.25) is 0 Å². The molecule has 0 N–H and O–H groups in total. The molecule has 1 aliphatic rings. The normalized spacial score (nSPS) is 14.8. The van der Waals surface area contributed by atoms with E-state index in [-0.39, 0.29) is 22.9 Å². The number of halogens is 1. The Balaban J connectivity index is 1.22. The van der Waals surface area contributed by atoms with Crippen LogP contribution in [0.2, 0.25) is 0 Å². The monoisotopic (exact) mass is 481 g/mol. The minimum absolute atomic E-state index is 0.0146. The van der Waals surface area contributed by atoms with Gasteiger partial charge in [0.1, 0.15) is 28.3 Å². The second-order valence-corrected chi connectivity index (χ2v) is 9.09. The summed E-state index contributed by atoms with van der Waals surface area (Å²) in [4.78, 5) is 28.0. The minimum Gasteiger partial charge on any atom is -0.496 e. The molecule has 1 fully saturated rings. The Kier molecular flexibility index (Phi) is 8.18. The molecule has 7 heteroatoms. The number of benzene rings is 2. The molecule has 0 bridgehead atoms. The number of ketones is 1. The summed E-state index contributed by atoms with van der Waals surface area (Å²) in [5.74, 6) is 0.846.